The maximum atomic E-state index is 13.8. The number of rotatable bonds is 3. The number of benzene rings is 1. The molecule has 18 heavy (non-hydrogen) atoms. The zero-order valence-corrected chi connectivity index (χ0v) is 11.1. The van der Waals surface area contributed by atoms with Crippen LogP contribution in [0.3, 0.4) is 0 Å². The van der Waals surface area contributed by atoms with E-state index in [9.17, 15) is 9.18 Å². The van der Waals surface area contributed by atoms with Crippen molar-refractivity contribution in [2.24, 2.45) is 7.05 Å². The van der Waals surface area contributed by atoms with Crippen molar-refractivity contribution in [1.82, 2.24) is 14.8 Å². The lowest BCUT2D eigenvalue weighted by Crippen LogP contribution is -1.99. The molecule has 0 spiro atoms. The molecule has 0 unspecified atom stereocenters. The molecule has 0 saturated heterocycles. The van der Waals surface area contributed by atoms with E-state index in [0.717, 1.165) is 17.6 Å². The Labute approximate surface area is 108 Å². The number of nitrogens with zero attached hydrogens (tertiary/aromatic N) is 3. The average Bonchev–Trinajstić information content (AvgIpc) is 2.63. The molecule has 1 aromatic carbocycles. The molecule has 0 radical (unpaired) electrons. The molecule has 2 aromatic rings. The SMILES string of the molecule is CC(=O)c1cccc(F)c1Sc1nnc(C)n1C. The zero-order valence-electron chi connectivity index (χ0n) is 10.3. The lowest BCUT2D eigenvalue weighted by molar-refractivity contribution is 0.101. The first-order chi connectivity index (χ1) is 8.50. The third kappa shape index (κ3) is 2.28. The molecule has 2 rings (SSSR count). The number of hydrogen-bond donors (Lipinski definition) is 0. The second kappa shape index (κ2) is 4.89. The minimum Gasteiger partial charge on any atom is -0.309 e. The number of carbonyl (C=O) groups is 1. The van der Waals surface area contributed by atoms with Crippen LogP contribution in [0.25, 0.3) is 0 Å². The molecule has 0 aliphatic heterocycles. The Bertz CT molecular complexity index is 609. The Morgan fingerprint density at radius 3 is 2.67 bits per heavy atom. The van der Waals surface area contributed by atoms with Gasteiger partial charge in [-0.3, -0.25) is 4.79 Å². The fraction of sp³-hybridized carbons (Fsp3) is 0.250. The van der Waals surface area contributed by atoms with Crippen LogP contribution in [-0.4, -0.2) is 20.5 Å². The molecule has 6 heteroatoms. The number of halogens is 1. The second-order valence-electron chi connectivity index (χ2n) is 3.86. The van der Waals surface area contributed by atoms with Crippen molar-refractivity contribution in [3.8, 4) is 0 Å². The highest BCUT2D eigenvalue weighted by Gasteiger charge is 2.16. The first kappa shape index (κ1) is 12.8. The summed E-state index contributed by atoms with van der Waals surface area (Å²) in [5, 5.41) is 8.41. The van der Waals surface area contributed by atoms with Crippen molar-refractivity contribution >= 4 is 17.5 Å². The van der Waals surface area contributed by atoms with Crippen molar-refractivity contribution in [2.75, 3.05) is 0 Å². The van der Waals surface area contributed by atoms with Crippen LogP contribution < -0.4 is 0 Å². The number of aryl methyl sites for hydroxylation is 1. The zero-order chi connectivity index (χ0) is 13.3. The van der Waals surface area contributed by atoms with Gasteiger partial charge in [0.2, 0.25) is 0 Å². The van der Waals surface area contributed by atoms with E-state index >= 15 is 0 Å². The highest BCUT2D eigenvalue weighted by atomic mass is 32.2. The van der Waals surface area contributed by atoms with E-state index in [2.05, 4.69) is 10.2 Å². The third-order valence-electron chi connectivity index (χ3n) is 2.59. The molecule has 0 saturated carbocycles. The predicted octanol–water partition coefficient (Wildman–Crippen LogP) is 2.62. The summed E-state index contributed by atoms with van der Waals surface area (Å²) in [6, 6.07) is 4.47. The van der Waals surface area contributed by atoms with Crippen molar-refractivity contribution in [3.63, 3.8) is 0 Å². The van der Waals surface area contributed by atoms with E-state index in [4.69, 9.17) is 0 Å². The molecule has 1 aromatic heterocycles. The van der Waals surface area contributed by atoms with Gasteiger partial charge in [0, 0.05) is 12.6 Å². The monoisotopic (exact) mass is 265 g/mol. The standard InChI is InChI=1S/C12H12FN3OS/c1-7(17)9-5-4-6-10(13)11(9)18-12-15-14-8(2)16(12)3/h4-6H,1-3H3. The van der Waals surface area contributed by atoms with Crippen LogP contribution in [0, 0.1) is 12.7 Å². The summed E-state index contributed by atoms with van der Waals surface area (Å²) in [5.74, 6) is 0.141. The lowest BCUT2D eigenvalue weighted by atomic mass is 10.1. The van der Waals surface area contributed by atoms with Crippen LogP contribution in [0.2, 0.25) is 0 Å². The van der Waals surface area contributed by atoms with Gasteiger partial charge in [0.1, 0.15) is 11.6 Å². The molecule has 0 atom stereocenters. The minimum atomic E-state index is -0.423. The largest absolute Gasteiger partial charge is 0.309 e. The molecule has 0 amide bonds. The summed E-state index contributed by atoms with van der Waals surface area (Å²) in [7, 11) is 1.80. The Hall–Kier alpha value is -1.69. The second-order valence-corrected chi connectivity index (χ2v) is 4.84. The summed E-state index contributed by atoms with van der Waals surface area (Å²) in [6.45, 7) is 3.23. The third-order valence-corrected chi connectivity index (χ3v) is 3.75. The van der Waals surface area contributed by atoms with Gasteiger partial charge in [-0.2, -0.15) is 0 Å². The van der Waals surface area contributed by atoms with Gasteiger partial charge in [-0.25, -0.2) is 4.39 Å². The van der Waals surface area contributed by atoms with Crippen LogP contribution in [0.5, 0.6) is 0 Å². The summed E-state index contributed by atoms with van der Waals surface area (Å²) >= 11 is 1.11. The van der Waals surface area contributed by atoms with Crippen LogP contribution in [0.1, 0.15) is 23.1 Å². The molecule has 0 bridgehead atoms. The Kier molecular flexibility index (Phi) is 3.47. The Balaban J connectivity index is 2.46. The highest BCUT2D eigenvalue weighted by Crippen LogP contribution is 2.31. The molecule has 0 N–H and O–H groups in total. The molecule has 0 aliphatic rings. The highest BCUT2D eigenvalue weighted by molar-refractivity contribution is 7.99. The quantitative estimate of drug-likeness (QED) is 0.800. The fourth-order valence-corrected chi connectivity index (χ4v) is 2.48. The van der Waals surface area contributed by atoms with Crippen molar-refractivity contribution in [2.45, 2.75) is 23.9 Å². The van der Waals surface area contributed by atoms with Gasteiger partial charge in [-0.15, -0.1) is 10.2 Å². The van der Waals surface area contributed by atoms with E-state index in [1.54, 1.807) is 17.7 Å². The van der Waals surface area contributed by atoms with Crippen molar-refractivity contribution < 1.29 is 9.18 Å². The molecular formula is C12H12FN3OS. The van der Waals surface area contributed by atoms with Gasteiger partial charge in [-0.1, -0.05) is 12.1 Å². The van der Waals surface area contributed by atoms with Gasteiger partial charge >= 0.3 is 0 Å². The first-order valence-corrected chi connectivity index (χ1v) is 6.15. The van der Waals surface area contributed by atoms with Crippen LogP contribution in [0.15, 0.2) is 28.3 Å². The van der Waals surface area contributed by atoms with E-state index in [-0.39, 0.29) is 5.78 Å². The molecule has 0 fully saturated rings. The van der Waals surface area contributed by atoms with Crippen LogP contribution >= 0.6 is 11.8 Å². The topological polar surface area (TPSA) is 47.8 Å². The lowest BCUT2D eigenvalue weighted by Gasteiger charge is -2.07. The first-order valence-electron chi connectivity index (χ1n) is 5.34. The van der Waals surface area contributed by atoms with E-state index in [0.29, 0.717) is 15.6 Å². The van der Waals surface area contributed by atoms with Gasteiger partial charge in [0.15, 0.2) is 10.9 Å². The van der Waals surface area contributed by atoms with Gasteiger partial charge in [-0.05, 0) is 31.7 Å². The number of carbonyl (C=O) groups excluding carboxylic acids is 1. The normalized spacial score (nSPS) is 10.7. The van der Waals surface area contributed by atoms with Crippen LogP contribution in [0.4, 0.5) is 4.39 Å². The van der Waals surface area contributed by atoms with E-state index < -0.39 is 5.82 Å². The summed E-state index contributed by atoms with van der Waals surface area (Å²) in [4.78, 5) is 11.8. The van der Waals surface area contributed by atoms with Crippen molar-refractivity contribution in [3.05, 3.63) is 35.4 Å². The average molecular weight is 265 g/mol. The van der Waals surface area contributed by atoms with E-state index in [1.807, 2.05) is 6.92 Å². The molecule has 0 aliphatic carbocycles. The Morgan fingerprint density at radius 1 is 1.39 bits per heavy atom. The molecular weight excluding hydrogens is 253 g/mol. The molecule has 1 heterocycles. The fourth-order valence-electron chi connectivity index (χ4n) is 1.46. The number of ketones is 1. The molecule has 94 valence electrons. The predicted molar refractivity (Wildman–Crippen MR) is 66.3 cm³/mol. The number of hydrogen-bond acceptors (Lipinski definition) is 4. The summed E-state index contributed by atoms with van der Waals surface area (Å²) in [6.07, 6.45) is 0. The smallest absolute Gasteiger partial charge is 0.195 e. The Morgan fingerprint density at radius 2 is 2.11 bits per heavy atom. The summed E-state index contributed by atoms with van der Waals surface area (Å²) < 4.78 is 15.6. The number of aromatic nitrogens is 3. The maximum Gasteiger partial charge on any atom is 0.195 e. The number of Topliss-reactive ketones (excluding diaryl/α,β-unsaturated/α-hetero) is 1. The van der Waals surface area contributed by atoms with Gasteiger partial charge in [0.25, 0.3) is 0 Å². The maximum absolute atomic E-state index is 13.8. The van der Waals surface area contributed by atoms with Gasteiger partial charge < -0.3 is 4.57 Å². The van der Waals surface area contributed by atoms with E-state index in [1.165, 1.54) is 19.1 Å². The molecule has 4 nitrogen and oxygen atoms in total. The van der Waals surface area contributed by atoms with Gasteiger partial charge in [0.05, 0.1) is 4.90 Å². The van der Waals surface area contributed by atoms with Crippen molar-refractivity contribution in [1.29, 1.82) is 0 Å². The summed E-state index contributed by atoms with van der Waals surface area (Å²) in [5.41, 5.74) is 0.362. The minimum absolute atomic E-state index is 0.170. The van der Waals surface area contributed by atoms with Crippen LogP contribution in [-0.2, 0) is 7.05 Å².